The highest BCUT2D eigenvalue weighted by atomic mass is 35.5. The lowest BCUT2D eigenvalue weighted by Gasteiger charge is -2.54. The maximum Gasteiger partial charge on any atom is 0.258 e. The molecular formula is C19H20Cl2FN3O4. The zero-order chi connectivity index (χ0) is 20.6. The Balaban J connectivity index is 1.38. The molecule has 1 unspecified atom stereocenters. The first kappa shape index (κ1) is 20.4. The van der Waals surface area contributed by atoms with E-state index in [0.29, 0.717) is 43.8 Å². The van der Waals surface area contributed by atoms with Crippen LogP contribution in [-0.2, 0) is 16.1 Å². The second-order valence-corrected chi connectivity index (χ2v) is 8.39. The molecule has 0 radical (unpaired) electrons. The first-order valence-corrected chi connectivity index (χ1v) is 10.2. The summed E-state index contributed by atoms with van der Waals surface area (Å²) in [5.41, 5.74) is -1.11. The van der Waals surface area contributed by atoms with Gasteiger partial charge >= 0.3 is 0 Å². The molecule has 0 spiro atoms. The highest BCUT2D eigenvalue weighted by Gasteiger charge is 2.58. The average molecular weight is 444 g/mol. The number of carbonyl (C=O) groups is 1. The molecule has 29 heavy (non-hydrogen) atoms. The van der Waals surface area contributed by atoms with E-state index in [9.17, 15) is 14.3 Å². The molecule has 0 saturated heterocycles. The molecule has 1 aromatic carbocycles. The molecule has 2 bridgehead atoms. The van der Waals surface area contributed by atoms with Crippen molar-refractivity contribution in [3.05, 3.63) is 40.8 Å². The van der Waals surface area contributed by atoms with Gasteiger partial charge in [0.15, 0.2) is 12.4 Å². The van der Waals surface area contributed by atoms with Crippen LogP contribution in [0.15, 0.2) is 22.7 Å². The van der Waals surface area contributed by atoms with Gasteiger partial charge < -0.3 is 19.7 Å². The summed E-state index contributed by atoms with van der Waals surface area (Å²) < 4.78 is 24.2. The highest BCUT2D eigenvalue weighted by molar-refractivity contribution is 6.30. The minimum Gasteiger partial charge on any atom is -0.484 e. The minimum absolute atomic E-state index is 0.0120. The maximum atomic E-state index is 13.5. The van der Waals surface area contributed by atoms with Gasteiger partial charge in [-0.3, -0.25) is 4.79 Å². The van der Waals surface area contributed by atoms with Crippen molar-refractivity contribution in [1.29, 1.82) is 0 Å². The molecule has 0 aliphatic heterocycles. The molecule has 1 atom stereocenters. The summed E-state index contributed by atoms with van der Waals surface area (Å²) in [6.07, 6.45) is 2.23. The number of nitrogens with zero attached hydrogens (tertiary/aromatic N) is 2. The topological polar surface area (TPSA) is 97.5 Å². The van der Waals surface area contributed by atoms with Gasteiger partial charge in [-0.05, 0) is 44.2 Å². The molecule has 1 amide bonds. The first-order chi connectivity index (χ1) is 13.9. The molecule has 3 aliphatic rings. The molecular weight excluding hydrogens is 424 g/mol. The smallest absolute Gasteiger partial charge is 0.258 e. The number of rotatable bonds is 6. The first-order valence-electron chi connectivity index (χ1n) is 9.32. The van der Waals surface area contributed by atoms with Gasteiger partial charge in [0.1, 0.15) is 11.6 Å². The normalized spacial score (nSPS) is 28.3. The van der Waals surface area contributed by atoms with E-state index in [4.69, 9.17) is 32.5 Å². The van der Waals surface area contributed by atoms with Crippen LogP contribution in [0.5, 0.6) is 5.75 Å². The summed E-state index contributed by atoms with van der Waals surface area (Å²) in [7, 11) is 0. The van der Waals surface area contributed by atoms with Gasteiger partial charge in [0, 0.05) is 11.6 Å². The van der Waals surface area contributed by atoms with Crippen molar-refractivity contribution in [2.75, 3.05) is 6.61 Å². The van der Waals surface area contributed by atoms with Crippen molar-refractivity contribution < 1.29 is 23.6 Å². The molecule has 156 valence electrons. The number of hydrogen-bond donors (Lipinski definition) is 2. The number of aromatic nitrogens is 2. The summed E-state index contributed by atoms with van der Waals surface area (Å²) in [5.74, 6) is 0.234. The van der Waals surface area contributed by atoms with Crippen LogP contribution in [0, 0.1) is 5.82 Å². The Morgan fingerprint density at radius 3 is 2.76 bits per heavy atom. The molecule has 10 heteroatoms. The number of amides is 1. The second kappa shape index (κ2) is 7.74. The predicted octanol–water partition coefficient (Wildman–Crippen LogP) is 3.11. The summed E-state index contributed by atoms with van der Waals surface area (Å²) in [6, 6.07) is 4.00. The van der Waals surface area contributed by atoms with Gasteiger partial charge in [-0.15, -0.1) is 11.6 Å². The monoisotopic (exact) mass is 443 g/mol. The molecule has 3 aliphatic carbocycles. The number of fused-ring (bicyclic) bond motifs is 3. The molecule has 2 aromatic rings. The number of alkyl halides is 1. The number of aliphatic hydroxyl groups excluding tert-OH is 1. The zero-order valence-electron chi connectivity index (χ0n) is 15.5. The van der Waals surface area contributed by atoms with E-state index in [1.54, 1.807) is 0 Å². The lowest BCUT2D eigenvalue weighted by molar-refractivity contribution is -0.129. The number of ether oxygens (including phenoxy) is 1. The summed E-state index contributed by atoms with van der Waals surface area (Å²) in [4.78, 5) is 16.7. The third-order valence-corrected chi connectivity index (χ3v) is 6.55. The number of halogens is 3. The Bertz CT molecular complexity index is 915. The standard InChI is InChI=1S/C19H20Cl2FN3O4/c20-9-15-23-17(29-25-15)19-5-3-18(4-6-19,8-14(19)26)24-16(27)10-28-11-1-2-12(21)13(22)7-11/h1-2,7,14,26H,3-6,8-10H2,(H,24,27). The van der Waals surface area contributed by atoms with Gasteiger partial charge in [0.25, 0.3) is 5.91 Å². The van der Waals surface area contributed by atoms with Gasteiger partial charge in [0.2, 0.25) is 5.89 Å². The second-order valence-electron chi connectivity index (χ2n) is 7.72. The van der Waals surface area contributed by atoms with E-state index >= 15 is 0 Å². The zero-order valence-corrected chi connectivity index (χ0v) is 17.0. The van der Waals surface area contributed by atoms with Crippen LogP contribution in [0.1, 0.15) is 43.8 Å². The molecule has 3 fully saturated rings. The van der Waals surface area contributed by atoms with Crippen molar-refractivity contribution >= 4 is 29.1 Å². The van der Waals surface area contributed by atoms with Crippen LogP contribution < -0.4 is 10.1 Å². The van der Waals surface area contributed by atoms with Crippen molar-refractivity contribution in [3.63, 3.8) is 0 Å². The number of nitrogens with one attached hydrogen (secondary N) is 1. The van der Waals surface area contributed by atoms with Crippen molar-refractivity contribution in [2.45, 2.75) is 55.0 Å². The fourth-order valence-corrected chi connectivity index (χ4v) is 4.59. The molecule has 1 aromatic heterocycles. The number of hydrogen-bond acceptors (Lipinski definition) is 6. The average Bonchev–Trinajstić information content (AvgIpc) is 3.19. The Kier molecular flexibility index (Phi) is 5.44. The summed E-state index contributed by atoms with van der Waals surface area (Å²) in [5, 5.41) is 17.7. The fourth-order valence-electron chi connectivity index (χ4n) is 4.37. The van der Waals surface area contributed by atoms with Gasteiger partial charge in [0.05, 0.1) is 22.4 Å². The third-order valence-electron chi connectivity index (χ3n) is 6.00. The van der Waals surface area contributed by atoms with Crippen LogP contribution in [0.25, 0.3) is 0 Å². The van der Waals surface area contributed by atoms with Crippen LogP contribution >= 0.6 is 23.2 Å². The van der Waals surface area contributed by atoms with E-state index in [0.717, 1.165) is 6.07 Å². The maximum absolute atomic E-state index is 13.5. The van der Waals surface area contributed by atoms with Crippen LogP contribution in [0.4, 0.5) is 4.39 Å². The van der Waals surface area contributed by atoms with E-state index in [-0.39, 0.29) is 29.2 Å². The van der Waals surface area contributed by atoms with Gasteiger partial charge in [-0.2, -0.15) is 4.98 Å². The van der Waals surface area contributed by atoms with Crippen LogP contribution in [0.3, 0.4) is 0 Å². The number of carbonyl (C=O) groups excluding carboxylic acids is 1. The lowest BCUT2D eigenvalue weighted by Crippen LogP contribution is -2.64. The van der Waals surface area contributed by atoms with Gasteiger partial charge in [-0.25, -0.2) is 4.39 Å². The Morgan fingerprint density at radius 1 is 1.38 bits per heavy atom. The Morgan fingerprint density at radius 2 is 2.14 bits per heavy atom. The largest absolute Gasteiger partial charge is 0.484 e. The SMILES string of the molecule is O=C(COc1ccc(Cl)c(F)c1)NC12CCC(c3nc(CCl)no3)(CC1)C(O)C2. The van der Waals surface area contributed by atoms with E-state index < -0.39 is 22.9 Å². The quantitative estimate of drug-likeness (QED) is 0.665. The lowest BCUT2D eigenvalue weighted by atomic mass is 9.55. The van der Waals surface area contributed by atoms with E-state index in [1.807, 2.05) is 0 Å². The summed E-state index contributed by atoms with van der Waals surface area (Å²) in [6.45, 7) is -0.257. The molecule has 5 rings (SSSR count). The van der Waals surface area contributed by atoms with Crippen molar-refractivity contribution in [3.8, 4) is 5.75 Å². The summed E-state index contributed by atoms with van der Waals surface area (Å²) >= 11 is 11.4. The van der Waals surface area contributed by atoms with Gasteiger partial charge in [-0.1, -0.05) is 16.8 Å². The molecule has 3 saturated carbocycles. The third kappa shape index (κ3) is 3.81. The van der Waals surface area contributed by atoms with Crippen LogP contribution in [0.2, 0.25) is 5.02 Å². The number of benzene rings is 1. The van der Waals surface area contributed by atoms with E-state index in [2.05, 4.69) is 15.5 Å². The van der Waals surface area contributed by atoms with Crippen molar-refractivity contribution in [2.24, 2.45) is 0 Å². The Hall–Kier alpha value is -1.90. The highest BCUT2D eigenvalue weighted by Crippen LogP contribution is 2.53. The van der Waals surface area contributed by atoms with Crippen molar-refractivity contribution in [1.82, 2.24) is 15.5 Å². The molecule has 1 heterocycles. The molecule has 7 nitrogen and oxygen atoms in total. The fraction of sp³-hybridized carbons (Fsp3) is 0.526. The Labute approximate surface area is 176 Å². The van der Waals surface area contributed by atoms with E-state index in [1.165, 1.54) is 12.1 Å². The predicted molar refractivity (Wildman–Crippen MR) is 102 cm³/mol. The number of aliphatic hydroxyl groups is 1. The van der Waals surface area contributed by atoms with Crippen LogP contribution in [-0.4, -0.2) is 39.4 Å². The molecule has 2 N–H and O–H groups in total. The minimum atomic E-state index is -0.722.